The molecular weight excluding hydrogens is 364 g/mol. The Morgan fingerprint density at radius 1 is 1.07 bits per heavy atom. The average Bonchev–Trinajstić information content (AvgIpc) is 3.18. The Bertz CT molecular complexity index is 1210. The molecule has 0 aliphatic heterocycles. The summed E-state index contributed by atoms with van der Waals surface area (Å²) in [4.78, 5) is 29.0. The molecule has 0 unspecified atom stereocenters. The van der Waals surface area contributed by atoms with Crippen LogP contribution in [0, 0.1) is 6.92 Å². The van der Waals surface area contributed by atoms with E-state index in [1.165, 1.54) is 0 Å². The highest BCUT2D eigenvalue weighted by Gasteiger charge is 2.18. The number of fused-ring (bicyclic) bond motifs is 1. The van der Waals surface area contributed by atoms with Gasteiger partial charge in [-0.3, -0.25) is 9.59 Å². The van der Waals surface area contributed by atoms with Crippen LogP contribution in [0.4, 0.5) is 5.69 Å². The van der Waals surface area contributed by atoms with Gasteiger partial charge in [0, 0.05) is 29.4 Å². The number of hydrogen-bond acceptors (Lipinski definition) is 4. The number of anilines is 1. The van der Waals surface area contributed by atoms with Crippen LogP contribution >= 0.6 is 0 Å². The van der Waals surface area contributed by atoms with E-state index in [9.17, 15) is 9.59 Å². The SMILES string of the molecule is CCC(=O)Nc1cccc(-c2ccnc3c(C(=O)c4ccc(C)cc4)cnn23)c1. The van der Waals surface area contributed by atoms with Gasteiger partial charge in [-0.05, 0) is 25.1 Å². The van der Waals surface area contributed by atoms with E-state index in [1.54, 1.807) is 16.9 Å². The van der Waals surface area contributed by atoms with E-state index < -0.39 is 0 Å². The van der Waals surface area contributed by atoms with Gasteiger partial charge in [0.15, 0.2) is 11.4 Å². The molecule has 2 heterocycles. The Labute approximate surface area is 168 Å². The summed E-state index contributed by atoms with van der Waals surface area (Å²) in [5.41, 5.74) is 5.00. The number of rotatable bonds is 5. The topological polar surface area (TPSA) is 76.4 Å². The molecule has 6 heteroatoms. The van der Waals surface area contributed by atoms with Crippen molar-refractivity contribution in [3.63, 3.8) is 0 Å². The lowest BCUT2D eigenvalue weighted by Gasteiger charge is -2.08. The zero-order chi connectivity index (χ0) is 20.4. The van der Waals surface area contributed by atoms with Gasteiger partial charge in [-0.25, -0.2) is 9.50 Å². The van der Waals surface area contributed by atoms with Crippen LogP contribution in [-0.4, -0.2) is 26.3 Å². The largest absolute Gasteiger partial charge is 0.326 e. The lowest BCUT2D eigenvalue weighted by Crippen LogP contribution is -2.09. The number of amides is 1. The molecule has 0 fully saturated rings. The van der Waals surface area contributed by atoms with E-state index in [0.29, 0.717) is 28.9 Å². The molecule has 0 aliphatic carbocycles. The number of benzene rings is 2. The van der Waals surface area contributed by atoms with Crippen LogP contribution in [0.25, 0.3) is 16.9 Å². The summed E-state index contributed by atoms with van der Waals surface area (Å²) < 4.78 is 1.65. The first kappa shape index (κ1) is 18.6. The van der Waals surface area contributed by atoms with Gasteiger partial charge < -0.3 is 5.32 Å². The minimum atomic E-state index is -0.117. The lowest BCUT2D eigenvalue weighted by molar-refractivity contribution is -0.115. The predicted octanol–water partition coefficient (Wildman–Crippen LogP) is 4.28. The van der Waals surface area contributed by atoms with E-state index in [0.717, 1.165) is 16.8 Å². The lowest BCUT2D eigenvalue weighted by atomic mass is 10.0. The van der Waals surface area contributed by atoms with Crippen molar-refractivity contribution < 1.29 is 9.59 Å². The molecule has 0 spiro atoms. The summed E-state index contributed by atoms with van der Waals surface area (Å²) in [7, 11) is 0. The summed E-state index contributed by atoms with van der Waals surface area (Å²) in [5.74, 6) is -0.166. The normalized spacial score (nSPS) is 10.8. The molecule has 0 saturated carbocycles. The van der Waals surface area contributed by atoms with Crippen molar-refractivity contribution in [3.05, 3.63) is 83.7 Å². The molecule has 4 aromatic rings. The summed E-state index contributed by atoms with van der Waals surface area (Å²) in [6, 6.07) is 16.8. The van der Waals surface area contributed by atoms with Gasteiger partial charge in [0.1, 0.15) is 0 Å². The molecule has 6 nitrogen and oxygen atoms in total. The second kappa shape index (κ2) is 7.67. The van der Waals surface area contributed by atoms with Crippen LogP contribution in [0.1, 0.15) is 34.8 Å². The third-order valence-corrected chi connectivity index (χ3v) is 4.72. The molecule has 0 atom stereocenters. The Hall–Kier alpha value is -3.80. The molecule has 29 heavy (non-hydrogen) atoms. The molecule has 4 rings (SSSR count). The number of ketones is 1. The number of aromatic nitrogens is 3. The molecule has 2 aromatic carbocycles. The fraction of sp³-hybridized carbons (Fsp3) is 0.130. The highest BCUT2D eigenvalue weighted by Crippen LogP contribution is 2.25. The number of aryl methyl sites for hydroxylation is 1. The zero-order valence-electron chi connectivity index (χ0n) is 16.2. The van der Waals surface area contributed by atoms with Crippen LogP contribution in [0.15, 0.2) is 67.0 Å². The minimum absolute atomic E-state index is 0.0490. The monoisotopic (exact) mass is 384 g/mol. The van der Waals surface area contributed by atoms with Crippen LogP contribution in [-0.2, 0) is 4.79 Å². The van der Waals surface area contributed by atoms with Crippen LogP contribution in [0.5, 0.6) is 0 Å². The van der Waals surface area contributed by atoms with E-state index in [-0.39, 0.29) is 11.7 Å². The van der Waals surface area contributed by atoms with Crippen molar-refractivity contribution >= 4 is 23.0 Å². The number of carbonyl (C=O) groups is 2. The van der Waals surface area contributed by atoms with Gasteiger partial charge in [0.2, 0.25) is 5.91 Å². The van der Waals surface area contributed by atoms with Gasteiger partial charge in [0.05, 0.1) is 17.5 Å². The predicted molar refractivity (Wildman–Crippen MR) is 112 cm³/mol. The smallest absolute Gasteiger partial charge is 0.224 e. The molecule has 2 aromatic heterocycles. The van der Waals surface area contributed by atoms with Gasteiger partial charge in [-0.2, -0.15) is 5.10 Å². The fourth-order valence-corrected chi connectivity index (χ4v) is 3.14. The molecule has 144 valence electrons. The zero-order valence-corrected chi connectivity index (χ0v) is 16.2. The van der Waals surface area contributed by atoms with Gasteiger partial charge in [0.25, 0.3) is 0 Å². The summed E-state index contributed by atoms with van der Waals surface area (Å²) in [6.07, 6.45) is 3.62. The first-order valence-electron chi connectivity index (χ1n) is 9.41. The van der Waals surface area contributed by atoms with Crippen molar-refractivity contribution in [1.82, 2.24) is 14.6 Å². The second-order valence-corrected chi connectivity index (χ2v) is 6.80. The van der Waals surface area contributed by atoms with Crippen molar-refractivity contribution in [1.29, 1.82) is 0 Å². The first-order chi connectivity index (χ1) is 14.1. The highest BCUT2D eigenvalue weighted by atomic mass is 16.1. The fourth-order valence-electron chi connectivity index (χ4n) is 3.14. The maximum Gasteiger partial charge on any atom is 0.224 e. The van der Waals surface area contributed by atoms with Crippen molar-refractivity contribution in [2.24, 2.45) is 0 Å². The Balaban J connectivity index is 1.75. The molecular formula is C23H20N4O2. The molecule has 0 aliphatic rings. The van der Waals surface area contributed by atoms with Crippen molar-refractivity contribution in [2.75, 3.05) is 5.32 Å². The molecule has 1 amide bonds. The average molecular weight is 384 g/mol. The number of nitrogens with zero attached hydrogens (tertiary/aromatic N) is 3. The highest BCUT2D eigenvalue weighted by molar-refractivity contribution is 6.12. The minimum Gasteiger partial charge on any atom is -0.326 e. The van der Waals surface area contributed by atoms with Crippen molar-refractivity contribution in [3.8, 4) is 11.3 Å². The summed E-state index contributed by atoms with van der Waals surface area (Å²) >= 11 is 0. The number of hydrogen-bond donors (Lipinski definition) is 1. The quantitative estimate of drug-likeness (QED) is 0.521. The van der Waals surface area contributed by atoms with E-state index in [2.05, 4.69) is 15.4 Å². The van der Waals surface area contributed by atoms with E-state index in [1.807, 2.05) is 68.4 Å². The van der Waals surface area contributed by atoms with E-state index in [4.69, 9.17) is 0 Å². The maximum atomic E-state index is 12.9. The van der Waals surface area contributed by atoms with Crippen LogP contribution in [0.2, 0.25) is 0 Å². The number of carbonyl (C=O) groups excluding carboxylic acids is 2. The standard InChI is InChI=1S/C23H20N4O2/c1-3-21(28)26-18-6-4-5-17(13-18)20-11-12-24-23-19(14-25-27(20)23)22(29)16-9-7-15(2)8-10-16/h4-14H,3H2,1-2H3,(H,26,28). The van der Waals surface area contributed by atoms with E-state index >= 15 is 0 Å². The van der Waals surface area contributed by atoms with Crippen LogP contribution < -0.4 is 5.32 Å². The van der Waals surface area contributed by atoms with Gasteiger partial charge >= 0.3 is 0 Å². The molecule has 0 radical (unpaired) electrons. The van der Waals surface area contributed by atoms with Crippen LogP contribution in [0.3, 0.4) is 0 Å². The number of nitrogens with one attached hydrogen (secondary N) is 1. The van der Waals surface area contributed by atoms with Gasteiger partial charge in [-0.1, -0.05) is 48.9 Å². The van der Waals surface area contributed by atoms with Gasteiger partial charge in [-0.15, -0.1) is 0 Å². The third-order valence-electron chi connectivity index (χ3n) is 4.72. The van der Waals surface area contributed by atoms with Crippen molar-refractivity contribution in [2.45, 2.75) is 20.3 Å². The second-order valence-electron chi connectivity index (χ2n) is 6.80. The Morgan fingerprint density at radius 2 is 1.86 bits per heavy atom. The Kier molecular flexibility index (Phi) is 4.91. The molecule has 0 bridgehead atoms. The maximum absolute atomic E-state index is 12.9. The summed E-state index contributed by atoms with van der Waals surface area (Å²) in [6.45, 7) is 3.79. The first-order valence-corrected chi connectivity index (χ1v) is 9.41. The third kappa shape index (κ3) is 3.65. The molecule has 1 N–H and O–H groups in total. The summed E-state index contributed by atoms with van der Waals surface area (Å²) in [5, 5.41) is 7.27. The Morgan fingerprint density at radius 3 is 2.62 bits per heavy atom. The molecule has 0 saturated heterocycles.